The van der Waals surface area contributed by atoms with Gasteiger partial charge in [-0.2, -0.15) is 0 Å². The molecule has 0 unspecified atom stereocenters. The molecule has 20 heavy (non-hydrogen) atoms. The molecule has 0 aliphatic carbocycles. The molecule has 0 atom stereocenters. The zero-order chi connectivity index (χ0) is 14.1. The van der Waals surface area contributed by atoms with Crippen molar-refractivity contribution in [2.75, 3.05) is 11.1 Å². The van der Waals surface area contributed by atoms with Crippen LogP contribution in [0.3, 0.4) is 0 Å². The van der Waals surface area contributed by atoms with E-state index in [9.17, 15) is 4.39 Å². The molecule has 0 amide bonds. The molecule has 3 nitrogen and oxygen atoms in total. The zero-order valence-electron chi connectivity index (χ0n) is 10.4. The van der Waals surface area contributed by atoms with E-state index >= 15 is 0 Å². The molecule has 0 radical (unpaired) electrons. The molecular weight excluding hydrogens is 277 g/mol. The van der Waals surface area contributed by atoms with Gasteiger partial charge in [-0.3, -0.25) is 4.98 Å². The van der Waals surface area contributed by atoms with Crippen LogP contribution in [0.4, 0.5) is 21.5 Å². The lowest BCUT2D eigenvalue weighted by atomic mass is 10.1. The summed E-state index contributed by atoms with van der Waals surface area (Å²) in [4.78, 5) is 4.10. The van der Waals surface area contributed by atoms with E-state index in [4.69, 9.17) is 17.3 Å². The Labute approximate surface area is 120 Å². The Kier molecular flexibility index (Phi) is 3.16. The van der Waals surface area contributed by atoms with Gasteiger partial charge in [0.1, 0.15) is 5.82 Å². The number of nitrogens with two attached hydrogens (primary N) is 1. The van der Waals surface area contributed by atoms with E-state index in [1.165, 1.54) is 12.1 Å². The van der Waals surface area contributed by atoms with E-state index in [1.807, 2.05) is 24.3 Å². The number of nitrogen functional groups attached to an aromatic ring is 1. The van der Waals surface area contributed by atoms with E-state index < -0.39 is 5.82 Å². The fraction of sp³-hybridized carbons (Fsp3) is 0. The van der Waals surface area contributed by atoms with Crippen molar-refractivity contribution >= 4 is 39.4 Å². The van der Waals surface area contributed by atoms with Crippen LogP contribution in [0.25, 0.3) is 10.8 Å². The summed E-state index contributed by atoms with van der Waals surface area (Å²) in [5.41, 5.74) is 7.52. The van der Waals surface area contributed by atoms with Gasteiger partial charge in [-0.15, -0.1) is 0 Å². The number of halogens is 2. The Bertz CT molecular complexity index is 784. The standard InChI is InChI=1S/C15H11ClFN3/c16-11-6-13(18)15(7-12(11)17)20-14-3-1-2-9-4-5-19-8-10(9)14/h1-8,20H,18H2. The lowest BCUT2D eigenvalue weighted by molar-refractivity contribution is 0.629. The Balaban J connectivity index is 2.08. The van der Waals surface area contributed by atoms with Crippen LogP contribution < -0.4 is 11.1 Å². The highest BCUT2D eigenvalue weighted by Crippen LogP contribution is 2.31. The molecule has 100 valence electrons. The number of rotatable bonds is 2. The number of fused-ring (bicyclic) bond motifs is 1. The van der Waals surface area contributed by atoms with Crippen molar-refractivity contribution in [3.63, 3.8) is 0 Å². The van der Waals surface area contributed by atoms with Crippen LogP contribution in [0.15, 0.2) is 48.8 Å². The third-order valence-electron chi connectivity index (χ3n) is 3.05. The summed E-state index contributed by atoms with van der Waals surface area (Å²) in [5.74, 6) is -0.512. The molecule has 3 rings (SSSR count). The van der Waals surface area contributed by atoms with Crippen molar-refractivity contribution in [2.24, 2.45) is 0 Å². The molecule has 1 heterocycles. The normalized spacial score (nSPS) is 10.7. The second-order valence-electron chi connectivity index (χ2n) is 4.38. The second-order valence-corrected chi connectivity index (χ2v) is 4.79. The van der Waals surface area contributed by atoms with Gasteiger partial charge in [0, 0.05) is 29.5 Å². The molecular formula is C15H11ClFN3. The largest absolute Gasteiger partial charge is 0.397 e. The summed E-state index contributed by atoms with van der Waals surface area (Å²) in [7, 11) is 0. The van der Waals surface area contributed by atoms with Gasteiger partial charge in [0.15, 0.2) is 0 Å². The maximum absolute atomic E-state index is 13.5. The fourth-order valence-electron chi connectivity index (χ4n) is 2.04. The van der Waals surface area contributed by atoms with Crippen LogP contribution in [0.1, 0.15) is 0 Å². The Hall–Kier alpha value is -2.33. The van der Waals surface area contributed by atoms with Gasteiger partial charge < -0.3 is 11.1 Å². The molecule has 0 aliphatic heterocycles. The number of pyridine rings is 1. The maximum atomic E-state index is 13.5. The molecule has 3 aromatic rings. The van der Waals surface area contributed by atoms with Crippen molar-refractivity contribution in [2.45, 2.75) is 0 Å². The number of benzene rings is 2. The SMILES string of the molecule is Nc1cc(Cl)c(F)cc1Nc1cccc2ccncc12. The van der Waals surface area contributed by atoms with E-state index in [-0.39, 0.29) is 5.02 Å². The van der Waals surface area contributed by atoms with Gasteiger partial charge in [0.2, 0.25) is 0 Å². The van der Waals surface area contributed by atoms with Crippen LogP contribution in [-0.4, -0.2) is 4.98 Å². The van der Waals surface area contributed by atoms with Gasteiger partial charge in [-0.05, 0) is 23.6 Å². The van der Waals surface area contributed by atoms with Gasteiger partial charge in [-0.1, -0.05) is 23.7 Å². The number of hydrogen-bond donors (Lipinski definition) is 2. The van der Waals surface area contributed by atoms with E-state index in [2.05, 4.69) is 10.3 Å². The molecule has 0 saturated heterocycles. The first-order valence-corrected chi connectivity index (χ1v) is 6.37. The number of aromatic nitrogens is 1. The molecule has 0 spiro atoms. The van der Waals surface area contributed by atoms with Crippen LogP contribution in [0.5, 0.6) is 0 Å². The second kappa shape index (κ2) is 4.98. The van der Waals surface area contributed by atoms with Crippen molar-refractivity contribution < 1.29 is 4.39 Å². The van der Waals surface area contributed by atoms with Crippen molar-refractivity contribution in [3.8, 4) is 0 Å². The monoisotopic (exact) mass is 287 g/mol. The van der Waals surface area contributed by atoms with Crippen LogP contribution >= 0.6 is 11.6 Å². The average Bonchev–Trinajstić information content (AvgIpc) is 2.45. The molecule has 3 N–H and O–H groups in total. The number of hydrogen-bond acceptors (Lipinski definition) is 3. The highest BCUT2D eigenvalue weighted by molar-refractivity contribution is 6.31. The lowest BCUT2D eigenvalue weighted by Gasteiger charge is -2.12. The van der Waals surface area contributed by atoms with Crippen LogP contribution in [-0.2, 0) is 0 Å². The predicted molar refractivity (Wildman–Crippen MR) is 80.8 cm³/mol. The van der Waals surface area contributed by atoms with Gasteiger partial charge in [0.05, 0.1) is 16.4 Å². The van der Waals surface area contributed by atoms with E-state index in [0.717, 1.165) is 16.5 Å². The first-order valence-electron chi connectivity index (χ1n) is 5.99. The quantitative estimate of drug-likeness (QED) is 0.689. The minimum Gasteiger partial charge on any atom is -0.397 e. The first kappa shape index (κ1) is 12.7. The summed E-state index contributed by atoms with van der Waals surface area (Å²) in [6.45, 7) is 0. The molecule has 0 bridgehead atoms. The van der Waals surface area contributed by atoms with E-state index in [0.29, 0.717) is 11.4 Å². The summed E-state index contributed by atoms with van der Waals surface area (Å²) < 4.78 is 13.5. The third-order valence-corrected chi connectivity index (χ3v) is 3.34. The molecule has 2 aromatic carbocycles. The topological polar surface area (TPSA) is 50.9 Å². The highest BCUT2D eigenvalue weighted by Gasteiger charge is 2.08. The van der Waals surface area contributed by atoms with Gasteiger partial charge in [-0.25, -0.2) is 4.39 Å². The molecule has 0 saturated carbocycles. The Morgan fingerprint density at radius 2 is 2.00 bits per heavy atom. The third kappa shape index (κ3) is 2.26. The van der Waals surface area contributed by atoms with Crippen molar-refractivity contribution in [3.05, 3.63) is 59.6 Å². The summed E-state index contributed by atoms with van der Waals surface area (Å²) in [6, 6.07) is 10.4. The number of nitrogens with zero attached hydrogens (tertiary/aromatic N) is 1. The minimum absolute atomic E-state index is 0.00707. The van der Waals surface area contributed by atoms with E-state index in [1.54, 1.807) is 12.4 Å². The zero-order valence-corrected chi connectivity index (χ0v) is 11.2. The predicted octanol–water partition coefficient (Wildman–Crippen LogP) is 4.35. The van der Waals surface area contributed by atoms with Crippen LogP contribution in [0.2, 0.25) is 5.02 Å². The van der Waals surface area contributed by atoms with Crippen molar-refractivity contribution in [1.82, 2.24) is 4.98 Å². The number of anilines is 3. The lowest BCUT2D eigenvalue weighted by Crippen LogP contribution is -1.98. The molecule has 0 aliphatic rings. The molecule has 5 heteroatoms. The molecule has 0 fully saturated rings. The van der Waals surface area contributed by atoms with Crippen molar-refractivity contribution in [1.29, 1.82) is 0 Å². The summed E-state index contributed by atoms with van der Waals surface area (Å²) >= 11 is 5.69. The average molecular weight is 288 g/mol. The fourth-order valence-corrected chi connectivity index (χ4v) is 2.21. The summed E-state index contributed by atoms with van der Waals surface area (Å²) in [6.07, 6.45) is 3.47. The van der Waals surface area contributed by atoms with Gasteiger partial charge >= 0.3 is 0 Å². The Morgan fingerprint density at radius 1 is 1.15 bits per heavy atom. The van der Waals surface area contributed by atoms with Gasteiger partial charge in [0.25, 0.3) is 0 Å². The Morgan fingerprint density at radius 3 is 2.85 bits per heavy atom. The first-order chi connectivity index (χ1) is 9.65. The van der Waals surface area contributed by atoms with Crippen LogP contribution in [0, 0.1) is 5.82 Å². The smallest absolute Gasteiger partial charge is 0.144 e. The molecule has 1 aromatic heterocycles. The maximum Gasteiger partial charge on any atom is 0.144 e. The minimum atomic E-state index is -0.512. The highest BCUT2D eigenvalue weighted by atomic mass is 35.5. The summed E-state index contributed by atoms with van der Waals surface area (Å²) in [5, 5.41) is 5.10. The number of nitrogens with one attached hydrogen (secondary N) is 1.